The molecule has 4 rings (SSSR count). The first-order valence-corrected chi connectivity index (χ1v) is 9.45. The molecule has 0 spiro atoms. The van der Waals surface area contributed by atoms with Crippen LogP contribution in [0.1, 0.15) is 10.4 Å². The molecule has 4 aromatic carbocycles. The highest BCUT2D eigenvalue weighted by molar-refractivity contribution is 6.13. The molecular weight excluding hydrogens is 358 g/mol. The van der Waals surface area contributed by atoms with E-state index in [1.54, 1.807) is 7.11 Å². The van der Waals surface area contributed by atoms with Crippen LogP contribution in [0.2, 0.25) is 0 Å². The maximum absolute atomic E-state index is 13.5. The average Bonchev–Trinajstić information content (AvgIpc) is 2.80. The van der Waals surface area contributed by atoms with E-state index in [0.29, 0.717) is 11.3 Å². The first-order valence-electron chi connectivity index (χ1n) is 9.45. The van der Waals surface area contributed by atoms with E-state index < -0.39 is 0 Å². The number of nitrogens with one attached hydrogen (secondary N) is 1. The van der Waals surface area contributed by atoms with Gasteiger partial charge in [-0.2, -0.15) is 0 Å². The molecule has 0 saturated heterocycles. The highest BCUT2D eigenvalue weighted by Gasteiger charge is 2.21. The van der Waals surface area contributed by atoms with Crippen molar-refractivity contribution in [2.75, 3.05) is 12.4 Å². The number of ether oxygens (including phenoxy) is 1. The predicted octanol–water partition coefficient (Wildman–Crippen LogP) is 6.28. The number of anilines is 1. The first-order chi connectivity index (χ1) is 14.3. The summed E-state index contributed by atoms with van der Waals surface area (Å²) < 4.78 is 5.56. The second-order valence-electron chi connectivity index (χ2n) is 6.65. The van der Waals surface area contributed by atoms with Crippen LogP contribution in [-0.4, -0.2) is 13.0 Å². The van der Waals surface area contributed by atoms with Crippen LogP contribution in [0.4, 0.5) is 5.69 Å². The first kappa shape index (κ1) is 18.5. The fraction of sp³-hybridized carbons (Fsp3) is 0.0385. The van der Waals surface area contributed by atoms with Crippen LogP contribution in [0, 0.1) is 0 Å². The summed E-state index contributed by atoms with van der Waals surface area (Å²) in [6, 6.07) is 33.1. The average molecular weight is 379 g/mol. The quantitative estimate of drug-likeness (QED) is 0.443. The Morgan fingerprint density at radius 3 is 1.59 bits per heavy atom. The molecule has 0 radical (unpaired) electrons. The van der Waals surface area contributed by atoms with Crippen molar-refractivity contribution in [3.63, 3.8) is 0 Å². The zero-order valence-electron chi connectivity index (χ0n) is 16.1. The van der Waals surface area contributed by atoms with Crippen LogP contribution in [0.25, 0.3) is 22.3 Å². The number of carbonyl (C=O) groups excluding carboxylic acids is 1. The Bertz CT molecular complexity index is 1050. The zero-order chi connectivity index (χ0) is 20.1. The van der Waals surface area contributed by atoms with Crippen molar-refractivity contribution in [3.8, 4) is 28.0 Å². The van der Waals surface area contributed by atoms with Crippen LogP contribution in [0.5, 0.6) is 5.75 Å². The second-order valence-corrected chi connectivity index (χ2v) is 6.65. The number of hydrogen-bond donors (Lipinski definition) is 1. The summed E-state index contributed by atoms with van der Waals surface area (Å²) >= 11 is 0. The molecule has 0 heterocycles. The number of hydrogen-bond acceptors (Lipinski definition) is 2. The largest absolute Gasteiger partial charge is 0.497 e. The van der Waals surface area contributed by atoms with Gasteiger partial charge in [0.1, 0.15) is 5.75 Å². The van der Waals surface area contributed by atoms with E-state index in [9.17, 15) is 4.79 Å². The van der Waals surface area contributed by atoms with E-state index in [0.717, 1.165) is 27.9 Å². The minimum Gasteiger partial charge on any atom is -0.497 e. The Morgan fingerprint density at radius 2 is 1.14 bits per heavy atom. The van der Waals surface area contributed by atoms with E-state index in [1.165, 1.54) is 0 Å². The third-order valence-electron chi connectivity index (χ3n) is 4.78. The van der Waals surface area contributed by atoms with Crippen LogP contribution >= 0.6 is 0 Å². The van der Waals surface area contributed by atoms with Crippen LogP contribution in [0.15, 0.2) is 103 Å². The highest BCUT2D eigenvalue weighted by atomic mass is 16.5. The Hall–Kier alpha value is -3.85. The molecule has 3 heteroatoms. The van der Waals surface area contributed by atoms with E-state index in [-0.39, 0.29) is 5.91 Å². The Labute approximate surface area is 170 Å². The molecule has 4 aromatic rings. The third kappa shape index (κ3) is 4.04. The molecule has 0 fully saturated rings. The molecule has 0 aromatic heterocycles. The summed E-state index contributed by atoms with van der Waals surface area (Å²) in [5.41, 5.74) is 4.96. The van der Waals surface area contributed by atoms with E-state index in [1.807, 2.05) is 103 Å². The molecular formula is C26H21NO2. The number of amides is 1. The van der Waals surface area contributed by atoms with Gasteiger partial charge in [-0.3, -0.25) is 4.79 Å². The summed E-state index contributed by atoms with van der Waals surface area (Å²) in [5, 5.41) is 3.04. The van der Waals surface area contributed by atoms with Gasteiger partial charge in [0, 0.05) is 5.69 Å². The fourth-order valence-electron chi connectivity index (χ4n) is 3.38. The van der Waals surface area contributed by atoms with Gasteiger partial charge in [-0.25, -0.2) is 0 Å². The van der Waals surface area contributed by atoms with Gasteiger partial charge in [-0.1, -0.05) is 78.9 Å². The van der Waals surface area contributed by atoms with E-state index in [2.05, 4.69) is 5.32 Å². The number of rotatable bonds is 5. The summed E-state index contributed by atoms with van der Waals surface area (Å²) in [7, 11) is 1.64. The Kier molecular flexibility index (Phi) is 5.39. The topological polar surface area (TPSA) is 38.3 Å². The molecule has 0 aliphatic rings. The van der Waals surface area contributed by atoms with Gasteiger partial charge in [-0.15, -0.1) is 0 Å². The van der Waals surface area contributed by atoms with Gasteiger partial charge >= 0.3 is 0 Å². The summed E-state index contributed by atoms with van der Waals surface area (Å²) in [6.45, 7) is 0. The minimum absolute atomic E-state index is 0.156. The van der Waals surface area contributed by atoms with Crippen molar-refractivity contribution >= 4 is 11.6 Å². The summed E-state index contributed by atoms with van der Waals surface area (Å²) in [4.78, 5) is 13.5. The maximum Gasteiger partial charge on any atom is 0.256 e. The number of benzene rings is 4. The second kappa shape index (κ2) is 8.44. The van der Waals surface area contributed by atoms with Gasteiger partial charge in [0.25, 0.3) is 5.91 Å². The lowest BCUT2D eigenvalue weighted by Crippen LogP contribution is -2.15. The lowest BCUT2D eigenvalue weighted by molar-refractivity contribution is 0.102. The SMILES string of the molecule is COc1cc(-c2ccccc2)c(C(=O)Nc2ccccc2)c(-c2ccccc2)c1. The number of para-hydroxylation sites is 1. The molecule has 0 bridgehead atoms. The summed E-state index contributed by atoms with van der Waals surface area (Å²) in [5.74, 6) is 0.551. The van der Waals surface area contributed by atoms with Crippen molar-refractivity contribution in [3.05, 3.63) is 109 Å². The van der Waals surface area contributed by atoms with Crippen LogP contribution < -0.4 is 10.1 Å². The van der Waals surface area contributed by atoms with Gasteiger partial charge < -0.3 is 10.1 Å². The lowest BCUT2D eigenvalue weighted by Gasteiger charge is -2.17. The monoisotopic (exact) mass is 379 g/mol. The van der Waals surface area contributed by atoms with E-state index >= 15 is 0 Å². The van der Waals surface area contributed by atoms with E-state index in [4.69, 9.17) is 4.74 Å². The molecule has 1 N–H and O–H groups in total. The molecule has 1 amide bonds. The minimum atomic E-state index is -0.156. The molecule has 29 heavy (non-hydrogen) atoms. The Balaban J connectivity index is 1.93. The number of methoxy groups -OCH3 is 1. The van der Waals surface area contributed by atoms with Crippen molar-refractivity contribution in [1.82, 2.24) is 0 Å². The molecule has 0 aliphatic heterocycles. The van der Waals surface area contributed by atoms with Gasteiger partial charge in [0.2, 0.25) is 0 Å². The molecule has 142 valence electrons. The van der Waals surface area contributed by atoms with Crippen LogP contribution in [-0.2, 0) is 0 Å². The zero-order valence-corrected chi connectivity index (χ0v) is 16.1. The fourth-order valence-corrected chi connectivity index (χ4v) is 3.38. The summed E-state index contributed by atoms with van der Waals surface area (Å²) in [6.07, 6.45) is 0. The smallest absolute Gasteiger partial charge is 0.256 e. The molecule has 0 saturated carbocycles. The standard InChI is InChI=1S/C26H21NO2/c1-29-22-17-23(19-11-5-2-6-12-19)25(24(18-22)20-13-7-3-8-14-20)26(28)27-21-15-9-4-10-16-21/h2-18H,1H3,(H,27,28). The number of carbonyl (C=O) groups is 1. The molecule has 0 unspecified atom stereocenters. The van der Waals surface area contributed by atoms with Crippen molar-refractivity contribution in [2.45, 2.75) is 0 Å². The molecule has 0 atom stereocenters. The maximum atomic E-state index is 13.5. The highest BCUT2D eigenvalue weighted by Crippen LogP contribution is 2.37. The van der Waals surface area contributed by atoms with Crippen molar-refractivity contribution < 1.29 is 9.53 Å². The normalized spacial score (nSPS) is 10.4. The van der Waals surface area contributed by atoms with Gasteiger partial charge in [0.15, 0.2) is 0 Å². The molecule has 0 aliphatic carbocycles. The lowest BCUT2D eigenvalue weighted by atomic mass is 9.90. The predicted molar refractivity (Wildman–Crippen MR) is 118 cm³/mol. The Morgan fingerprint density at radius 1 is 0.690 bits per heavy atom. The third-order valence-corrected chi connectivity index (χ3v) is 4.78. The molecule has 3 nitrogen and oxygen atoms in total. The van der Waals surface area contributed by atoms with Gasteiger partial charge in [0.05, 0.1) is 12.7 Å². The van der Waals surface area contributed by atoms with Crippen molar-refractivity contribution in [2.24, 2.45) is 0 Å². The van der Waals surface area contributed by atoms with Crippen molar-refractivity contribution in [1.29, 1.82) is 0 Å². The van der Waals surface area contributed by atoms with Crippen LogP contribution in [0.3, 0.4) is 0 Å². The van der Waals surface area contributed by atoms with Gasteiger partial charge in [-0.05, 0) is 46.5 Å².